The molecule has 2 aromatic heterocycles. The van der Waals surface area contributed by atoms with Gasteiger partial charge in [-0.1, -0.05) is 37.3 Å². The maximum absolute atomic E-state index is 14.9. The average molecular weight is 579 g/mol. The zero-order valence-corrected chi connectivity index (χ0v) is 22.7. The number of Topliss-reactive ketones (excluding diaryl/α,β-unsaturated/α-hetero) is 1. The molecule has 4 N–H and O–H groups in total. The van der Waals surface area contributed by atoms with Gasteiger partial charge >= 0.3 is 5.97 Å². The number of hydrogen-bond donors (Lipinski definition) is 4. The Bertz CT molecular complexity index is 1620. The summed E-state index contributed by atoms with van der Waals surface area (Å²) in [5, 5.41) is 22.7. The molecule has 40 heavy (non-hydrogen) atoms. The summed E-state index contributed by atoms with van der Waals surface area (Å²) in [7, 11) is 0. The van der Waals surface area contributed by atoms with Gasteiger partial charge in [-0.2, -0.15) is 0 Å². The summed E-state index contributed by atoms with van der Waals surface area (Å²) in [6.45, 7) is 1.59. The number of halogens is 1. The highest BCUT2D eigenvalue weighted by Crippen LogP contribution is 2.36. The number of pyridine rings is 1. The minimum Gasteiger partial charge on any atom is -0.481 e. The van der Waals surface area contributed by atoms with E-state index in [-0.39, 0.29) is 40.2 Å². The summed E-state index contributed by atoms with van der Waals surface area (Å²) in [6.07, 6.45) is 1.67. The van der Waals surface area contributed by atoms with Gasteiger partial charge in [-0.3, -0.25) is 19.4 Å². The van der Waals surface area contributed by atoms with Crippen LogP contribution in [0.25, 0.3) is 10.2 Å². The van der Waals surface area contributed by atoms with Gasteiger partial charge in [-0.25, -0.2) is 4.39 Å². The molecule has 4 rings (SSSR count). The largest absolute Gasteiger partial charge is 0.481 e. The third-order valence-electron chi connectivity index (χ3n) is 5.77. The van der Waals surface area contributed by atoms with E-state index < -0.39 is 29.2 Å². The van der Waals surface area contributed by atoms with E-state index in [0.717, 1.165) is 23.0 Å². The van der Waals surface area contributed by atoms with Gasteiger partial charge in [0.2, 0.25) is 11.7 Å². The van der Waals surface area contributed by atoms with Crippen molar-refractivity contribution in [3.05, 3.63) is 83.1 Å². The standard InChI is InChI=1S/C28H23FN4O5S2/c1-2-17(27(36)37)24(30)25(35)22-14-19-26(40-22)21(10-11-31-19)38-20-9-8-16(13-18(20)29)32-28(39)33-23(34)12-15-6-4-3-5-7-15/h3-11,13-14,17,30H,2,12H2,1H3,(H,36,37)(H2,32,33,34,39)/t17-/m0/s1. The van der Waals surface area contributed by atoms with Crippen molar-refractivity contribution < 1.29 is 28.6 Å². The van der Waals surface area contributed by atoms with Crippen LogP contribution in [0.3, 0.4) is 0 Å². The maximum Gasteiger partial charge on any atom is 0.312 e. The first-order valence-corrected chi connectivity index (χ1v) is 13.3. The number of thiocarbonyl (C=S) groups is 1. The molecule has 0 aliphatic rings. The van der Waals surface area contributed by atoms with Crippen LogP contribution in [0.1, 0.15) is 28.6 Å². The summed E-state index contributed by atoms with van der Waals surface area (Å²) in [5.41, 5.74) is 0.984. The molecule has 1 amide bonds. The fourth-order valence-electron chi connectivity index (χ4n) is 3.79. The van der Waals surface area contributed by atoms with Crippen molar-refractivity contribution in [2.45, 2.75) is 19.8 Å². The van der Waals surface area contributed by atoms with E-state index in [1.54, 1.807) is 6.92 Å². The lowest BCUT2D eigenvalue weighted by atomic mass is 9.97. The minimum atomic E-state index is -1.24. The van der Waals surface area contributed by atoms with Crippen LogP contribution in [0.4, 0.5) is 10.1 Å². The summed E-state index contributed by atoms with van der Waals surface area (Å²) in [6, 6.07) is 16.2. The number of carbonyl (C=O) groups excluding carboxylic acids is 2. The van der Waals surface area contributed by atoms with Gasteiger partial charge < -0.3 is 25.9 Å². The van der Waals surface area contributed by atoms with Crippen molar-refractivity contribution in [3.8, 4) is 11.5 Å². The van der Waals surface area contributed by atoms with Gasteiger partial charge in [0.25, 0.3) is 0 Å². The van der Waals surface area contributed by atoms with Crippen molar-refractivity contribution in [1.82, 2.24) is 10.3 Å². The lowest BCUT2D eigenvalue weighted by Crippen LogP contribution is -2.35. The first-order chi connectivity index (χ1) is 19.2. The molecule has 12 heteroatoms. The Morgan fingerprint density at radius 3 is 2.55 bits per heavy atom. The Balaban J connectivity index is 1.45. The highest BCUT2D eigenvalue weighted by Gasteiger charge is 2.28. The number of hydrogen-bond acceptors (Lipinski definition) is 8. The Morgan fingerprint density at radius 1 is 1.12 bits per heavy atom. The number of rotatable bonds is 10. The van der Waals surface area contributed by atoms with Crippen molar-refractivity contribution in [2.24, 2.45) is 5.92 Å². The number of nitrogens with zero attached hydrogens (tertiary/aromatic N) is 1. The Hall–Kier alpha value is -4.55. The van der Waals surface area contributed by atoms with Crippen LogP contribution in [0.15, 0.2) is 66.9 Å². The molecule has 2 aromatic carbocycles. The molecule has 0 spiro atoms. The van der Waals surface area contributed by atoms with Gasteiger partial charge in [-0.15, -0.1) is 11.3 Å². The van der Waals surface area contributed by atoms with Crippen LogP contribution in [0.5, 0.6) is 11.5 Å². The highest BCUT2D eigenvalue weighted by atomic mass is 32.1. The second-order valence-corrected chi connectivity index (χ2v) is 10.0. The quantitative estimate of drug-likeness (QED) is 0.108. The maximum atomic E-state index is 14.9. The molecule has 1 atom stereocenters. The first kappa shape index (κ1) is 28.5. The van der Waals surface area contributed by atoms with E-state index in [1.807, 2.05) is 30.3 Å². The number of benzene rings is 2. The molecule has 0 bridgehead atoms. The zero-order valence-electron chi connectivity index (χ0n) is 21.1. The number of thiophene rings is 1. The molecule has 9 nitrogen and oxygen atoms in total. The van der Waals surface area contributed by atoms with Crippen molar-refractivity contribution in [1.29, 1.82) is 5.41 Å². The van der Waals surface area contributed by atoms with Crippen LogP contribution in [0, 0.1) is 17.1 Å². The fraction of sp³-hybridized carbons (Fsp3) is 0.143. The van der Waals surface area contributed by atoms with Crippen LogP contribution in [-0.2, 0) is 16.0 Å². The van der Waals surface area contributed by atoms with Crippen LogP contribution < -0.4 is 15.4 Å². The molecule has 0 saturated carbocycles. The topological polar surface area (TPSA) is 141 Å². The van der Waals surface area contributed by atoms with E-state index in [1.165, 1.54) is 30.5 Å². The molecule has 0 radical (unpaired) electrons. The van der Waals surface area contributed by atoms with Gasteiger partial charge in [-0.05, 0) is 42.4 Å². The second kappa shape index (κ2) is 12.5. The van der Waals surface area contributed by atoms with Crippen molar-refractivity contribution >= 4 is 67.9 Å². The van der Waals surface area contributed by atoms with E-state index in [4.69, 9.17) is 22.4 Å². The number of ether oxygens (including phenoxy) is 1. The third-order valence-corrected chi connectivity index (χ3v) is 7.11. The summed E-state index contributed by atoms with van der Waals surface area (Å²) in [4.78, 5) is 40.7. The Labute approximate surface area is 237 Å². The summed E-state index contributed by atoms with van der Waals surface area (Å²) in [5.74, 6) is -4.08. The fourth-order valence-corrected chi connectivity index (χ4v) is 5.05. The number of fused-ring (bicyclic) bond motifs is 1. The molecule has 0 unspecified atom stereocenters. The minimum absolute atomic E-state index is 0.0133. The predicted octanol–water partition coefficient (Wildman–Crippen LogP) is 5.60. The molecular weight excluding hydrogens is 555 g/mol. The van der Waals surface area contributed by atoms with Crippen LogP contribution in [-0.4, -0.2) is 38.6 Å². The van der Waals surface area contributed by atoms with E-state index in [9.17, 15) is 23.9 Å². The molecule has 204 valence electrons. The van der Waals surface area contributed by atoms with Gasteiger partial charge in [0, 0.05) is 24.0 Å². The highest BCUT2D eigenvalue weighted by molar-refractivity contribution is 7.80. The molecule has 2 heterocycles. The van der Waals surface area contributed by atoms with Crippen LogP contribution in [0.2, 0.25) is 0 Å². The monoisotopic (exact) mass is 578 g/mol. The molecular formula is C28H23FN4O5S2. The van der Waals surface area contributed by atoms with Crippen LogP contribution >= 0.6 is 23.6 Å². The number of carbonyl (C=O) groups is 3. The first-order valence-electron chi connectivity index (χ1n) is 12.0. The number of aromatic nitrogens is 1. The predicted molar refractivity (Wildman–Crippen MR) is 154 cm³/mol. The van der Waals surface area contributed by atoms with Gasteiger partial charge in [0.15, 0.2) is 16.7 Å². The average Bonchev–Trinajstić information content (AvgIpc) is 3.35. The third kappa shape index (κ3) is 6.71. The summed E-state index contributed by atoms with van der Waals surface area (Å²) >= 11 is 6.14. The van der Waals surface area contributed by atoms with E-state index in [0.29, 0.717) is 15.9 Å². The smallest absolute Gasteiger partial charge is 0.312 e. The number of carboxylic acid groups (broad SMARTS) is 1. The zero-order chi connectivity index (χ0) is 28.8. The molecule has 0 aliphatic carbocycles. The van der Waals surface area contributed by atoms with Crippen molar-refractivity contribution in [3.63, 3.8) is 0 Å². The molecule has 0 aliphatic heterocycles. The molecule has 0 fully saturated rings. The van der Waals surface area contributed by atoms with Gasteiger partial charge in [0.1, 0.15) is 11.7 Å². The SMILES string of the molecule is CC[C@@H](C(=N)C(=O)c1cc2nccc(Oc3ccc(NC(=S)NC(=O)Cc4ccccc4)cc3F)c2s1)C(=O)O. The molecule has 4 aromatic rings. The number of aliphatic carboxylic acids is 1. The van der Waals surface area contributed by atoms with Crippen molar-refractivity contribution in [2.75, 3.05) is 5.32 Å². The summed E-state index contributed by atoms with van der Waals surface area (Å²) < 4.78 is 21.1. The van der Waals surface area contributed by atoms with E-state index >= 15 is 0 Å². The normalized spacial score (nSPS) is 11.4. The number of amides is 1. The number of carboxylic acids is 1. The lowest BCUT2D eigenvalue weighted by Gasteiger charge is -2.12. The second-order valence-electron chi connectivity index (χ2n) is 8.59. The molecule has 0 saturated heterocycles. The Kier molecular flexibility index (Phi) is 8.92. The number of nitrogens with one attached hydrogen (secondary N) is 3. The Morgan fingerprint density at radius 2 is 1.88 bits per heavy atom. The number of ketones is 1. The number of anilines is 1. The van der Waals surface area contributed by atoms with Gasteiger partial charge in [0.05, 0.1) is 27.2 Å². The lowest BCUT2D eigenvalue weighted by molar-refractivity contribution is -0.139. The van der Waals surface area contributed by atoms with E-state index in [2.05, 4.69) is 15.6 Å².